The van der Waals surface area contributed by atoms with Crippen molar-refractivity contribution in [3.8, 4) is 0 Å². The summed E-state index contributed by atoms with van der Waals surface area (Å²) in [6.07, 6.45) is 3.58. The van der Waals surface area contributed by atoms with Crippen molar-refractivity contribution in [2.24, 2.45) is 5.92 Å². The Morgan fingerprint density at radius 3 is 3.06 bits per heavy atom. The van der Waals surface area contributed by atoms with Gasteiger partial charge in [0.05, 0.1) is 0 Å². The van der Waals surface area contributed by atoms with Crippen LogP contribution >= 0.6 is 15.9 Å². The molecule has 1 aliphatic carbocycles. The number of nitrogens with one attached hydrogen (secondary N) is 1. The van der Waals surface area contributed by atoms with Crippen molar-refractivity contribution < 1.29 is 4.74 Å². The van der Waals surface area contributed by atoms with E-state index >= 15 is 0 Å². The van der Waals surface area contributed by atoms with Crippen LogP contribution in [0.15, 0.2) is 22.7 Å². The SMILES string of the molecule is COCC(C)CNC1CCc2cc(Br)ccc2C1. The zero-order valence-electron chi connectivity index (χ0n) is 11.2. The molecule has 0 saturated heterocycles. The van der Waals surface area contributed by atoms with Crippen LogP contribution in [0.5, 0.6) is 0 Å². The number of benzene rings is 1. The quantitative estimate of drug-likeness (QED) is 0.902. The van der Waals surface area contributed by atoms with Crippen LogP contribution in [0.1, 0.15) is 24.5 Å². The fourth-order valence-electron chi connectivity index (χ4n) is 2.61. The molecule has 1 aromatic rings. The van der Waals surface area contributed by atoms with Crippen LogP contribution in [-0.2, 0) is 17.6 Å². The minimum absolute atomic E-state index is 0.585. The molecule has 0 fully saturated rings. The van der Waals surface area contributed by atoms with E-state index in [0.717, 1.165) is 19.6 Å². The van der Waals surface area contributed by atoms with Crippen LogP contribution in [0.2, 0.25) is 0 Å². The number of halogens is 1. The van der Waals surface area contributed by atoms with E-state index < -0.39 is 0 Å². The molecule has 0 amide bonds. The summed E-state index contributed by atoms with van der Waals surface area (Å²) in [6, 6.07) is 7.29. The van der Waals surface area contributed by atoms with Gasteiger partial charge in [-0.1, -0.05) is 28.9 Å². The molecule has 100 valence electrons. The fourth-order valence-corrected chi connectivity index (χ4v) is 3.02. The smallest absolute Gasteiger partial charge is 0.0499 e. The number of methoxy groups -OCH3 is 1. The lowest BCUT2D eigenvalue weighted by Gasteiger charge is -2.27. The van der Waals surface area contributed by atoms with E-state index in [1.165, 1.54) is 28.4 Å². The van der Waals surface area contributed by atoms with Crippen LogP contribution < -0.4 is 5.32 Å². The highest BCUT2D eigenvalue weighted by atomic mass is 79.9. The predicted molar refractivity (Wildman–Crippen MR) is 79.0 cm³/mol. The van der Waals surface area contributed by atoms with Gasteiger partial charge in [0.25, 0.3) is 0 Å². The third kappa shape index (κ3) is 3.81. The minimum atomic E-state index is 0.585. The van der Waals surface area contributed by atoms with E-state index in [1.807, 2.05) is 0 Å². The van der Waals surface area contributed by atoms with Crippen LogP contribution in [-0.4, -0.2) is 26.3 Å². The summed E-state index contributed by atoms with van der Waals surface area (Å²) < 4.78 is 6.36. The number of hydrogen-bond acceptors (Lipinski definition) is 2. The molecule has 0 saturated carbocycles. The van der Waals surface area contributed by atoms with Gasteiger partial charge in [-0.3, -0.25) is 0 Å². The molecule has 1 N–H and O–H groups in total. The Balaban J connectivity index is 1.86. The van der Waals surface area contributed by atoms with Crippen molar-refractivity contribution in [2.75, 3.05) is 20.3 Å². The first-order valence-electron chi connectivity index (χ1n) is 6.68. The van der Waals surface area contributed by atoms with Crippen LogP contribution in [0.4, 0.5) is 0 Å². The van der Waals surface area contributed by atoms with E-state index in [9.17, 15) is 0 Å². The van der Waals surface area contributed by atoms with E-state index in [1.54, 1.807) is 7.11 Å². The molecule has 0 aromatic heterocycles. The lowest BCUT2D eigenvalue weighted by atomic mass is 9.88. The third-order valence-corrected chi connectivity index (χ3v) is 4.10. The number of rotatable bonds is 5. The summed E-state index contributed by atoms with van der Waals surface area (Å²) in [5.41, 5.74) is 3.01. The molecule has 2 unspecified atom stereocenters. The van der Waals surface area contributed by atoms with E-state index in [4.69, 9.17) is 4.74 Å². The Bertz CT molecular complexity index is 394. The second-order valence-corrected chi connectivity index (χ2v) is 6.24. The van der Waals surface area contributed by atoms with Crippen LogP contribution in [0.3, 0.4) is 0 Å². The Morgan fingerprint density at radius 2 is 2.28 bits per heavy atom. The molecular formula is C15H22BrNO. The molecule has 1 aliphatic rings. The highest BCUT2D eigenvalue weighted by molar-refractivity contribution is 9.10. The first-order valence-corrected chi connectivity index (χ1v) is 7.48. The van der Waals surface area contributed by atoms with E-state index in [-0.39, 0.29) is 0 Å². The second-order valence-electron chi connectivity index (χ2n) is 5.32. The van der Waals surface area contributed by atoms with Gasteiger partial charge in [-0.05, 0) is 48.4 Å². The maximum atomic E-state index is 5.17. The average molecular weight is 312 g/mol. The highest BCUT2D eigenvalue weighted by Crippen LogP contribution is 2.24. The molecule has 0 aliphatic heterocycles. The lowest BCUT2D eigenvalue weighted by molar-refractivity contribution is 0.156. The monoisotopic (exact) mass is 311 g/mol. The molecule has 2 rings (SSSR count). The van der Waals surface area contributed by atoms with E-state index in [0.29, 0.717) is 12.0 Å². The molecule has 2 atom stereocenters. The normalized spacial score (nSPS) is 20.5. The Morgan fingerprint density at radius 1 is 1.44 bits per heavy atom. The standard InChI is InChI=1S/C15H22BrNO/c1-11(10-18-2)9-17-15-6-4-12-7-14(16)5-3-13(12)8-15/h3,5,7,11,15,17H,4,6,8-10H2,1-2H3. The van der Waals surface area contributed by atoms with Gasteiger partial charge in [-0.15, -0.1) is 0 Å². The highest BCUT2D eigenvalue weighted by Gasteiger charge is 2.18. The summed E-state index contributed by atoms with van der Waals surface area (Å²) in [5.74, 6) is 0.585. The number of aryl methyl sites for hydroxylation is 1. The summed E-state index contributed by atoms with van der Waals surface area (Å²) in [5, 5.41) is 3.67. The van der Waals surface area contributed by atoms with Gasteiger partial charge in [-0.25, -0.2) is 0 Å². The summed E-state index contributed by atoms with van der Waals surface area (Å²) in [7, 11) is 1.77. The molecule has 2 nitrogen and oxygen atoms in total. The number of hydrogen-bond donors (Lipinski definition) is 1. The lowest BCUT2D eigenvalue weighted by Crippen LogP contribution is -2.37. The predicted octanol–water partition coefficient (Wildman–Crippen LogP) is 3.18. The molecule has 1 aromatic carbocycles. The van der Waals surface area contributed by atoms with Gasteiger partial charge in [0, 0.05) is 30.8 Å². The molecular weight excluding hydrogens is 290 g/mol. The first-order chi connectivity index (χ1) is 8.69. The Kier molecular flexibility index (Phi) is 5.22. The third-order valence-electron chi connectivity index (χ3n) is 3.60. The van der Waals surface area contributed by atoms with Gasteiger partial charge in [-0.2, -0.15) is 0 Å². The zero-order chi connectivity index (χ0) is 13.0. The summed E-state index contributed by atoms with van der Waals surface area (Å²) in [6.45, 7) is 4.11. The van der Waals surface area contributed by atoms with Gasteiger partial charge < -0.3 is 10.1 Å². The molecule has 0 radical (unpaired) electrons. The Hall–Kier alpha value is -0.380. The molecule has 18 heavy (non-hydrogen) atoms. The minimum Gasteiger partial charge on any atom is -0.384 e. The average Bonchev–Trinajstić information content (AvgIpc) is 2.36. The maximum Gasteiger partial charge on any atom is 0.0499 e. The number of fused-ring (bicyclic) bond motifs is 1. The molecule has 3 heteroatoms. The van der Waals surface area contributed by atoms with Gasteiger partial charge in [0.15, 0.2) is 0 Å². The van der Waals surface area contributed by atoms with Gasteiger partial charge in [0.2, 0.25) is 0 Å². The van der Waals surface area contributed by atoms with Crippen molar-refractivity contribution in [3.63, 3.8) is 0 Å². The van der Waals surface area contributed by atoms with Crippen molar-refractivity contribution in [2.45, 2.75) is 32.2 Å². The van der Waals surface area contributed by atoms with E-state index in [2.05, 4.69) is 46.4 Å². The zero-order valence-corrected chi connectivity index (χ0v) is 12.8. The topological polar surface area (TPSA) is 21.3 Å². The first kappa shape index (κ1) is 14.0. The number of ether oxygens (including phenoxy) is 1. The molecule has 0 heterocycles. The summed E-state index contributed by atoms with van der Waals surface area (Å²) in [4.78, 5) is 0. The van der Waals surface area contributed by atoms with Gasteiger partial charge >= 0.3 is 0 Å². The Labute approximate surface area is 118 Å². The largest absolute Gasteiger partial charge is 0.384 e. The fraction of sp³-hybridized carbons (Fsp3) is 0.600. The second kappa shape index (κ2) is 6.69. The van der Waals surface area contributed by atoms with Crippen LogP contribution in [0, 0.1) is 5.92 Å². The van der Waals surface area contributed by atoms with Gasteiger partial charge in [0.1, 0.15) is 0 Å². The maximum absolute atomic E-state index is 5.17. The van der Waals surface area contributed by atoms with Crippen molar-refractivity contribution >= 4 is 15.9 Å². The van der Waals surface area contributed by atoms with Crippen molar-refractivity contribution in [1.29, 1.82) is 0 Å². The summed E-state index contributed by atoms with van der Waals surface area (Å²) >= 11 is 3.54. The van der Waals surface area contributed by atoms with Crippen molar-refractivity contribution in [1.82, 2.24) is 5.32 Å². The van der Waals surface area contributed by atoms with Crippen LogP contribution in [0.25, 0.3) is 0 Å². The molecule has 0 spiro atoms. The van der Waals surface area contributed by atoms with Crippen molar-refractivity contribution in [3.05, 3.63) is 33.8 Å². The molecule has 0 bridgehead atoms.